The average molecular weight is 249 g/mol. The van der Waals surface area contributed by atoms with Crippen LogP contribution in [0.4, 0.5) is 0 Å². The first-order chi connectivity index (χ1) is 8.48. The van der Waals surface area contributed by atoms with Gasteiger partial charge in [-0.1, -0.05) is 12.1 Å². The molecule has 1 heterocycles. The third-order valence-corrected chi connectivity index (χ3v) is 3.72. The molecule has 0 aromatic heterocycles. The van der Waals surface area contributed by atoms with Gasteiger partial charge >= 0.3 is 0 Å². The molecule has 1 aliphatic heterocycles. The zero-order chi connectivity index (χ0) is 13.3. The van der Waals surface area contributed by atoms with Crippen LogP contribution >= 0.6 is 0 Å². The smallest absolute Gasteiger partial charge is 0.258 e. The highest BCUT2D eigenvalue weighted by atomic mass is 16.5. The molecule has 0 radical (unpaired) electrons. The average Bonchev–Trinajstić information content (AvgIpc) is 2.63. The fourth-order valence-electron chi connectivity index (χ4n) is 2.40. The minimum atomic E-state index is -0.530. The lowest BCUT2D eigenvalue weighted by molar-refractivity contribution is 0.0392. The summed E-state index contributed by atoms with van der Waals surface area (Å²) in [5.74, 6) is 0.480. The molecule has 18 heavy (non-hydrogen) atoms. The maximum Gasteiger partial charge on any atom is 0.258 e. The summed E-state index contributed by atoms with van der Waals surface area (Å²) in [5.41, 5.74) is 0.0139. The number of carbonyl (C=O) groups excluding carboxylic acids is 1. The zero-order valence-electron chi connectivity index (χ0n) is 11.0. The number of hydrogen-bond acceptors (Lipinski definition) is 3. The molecule has 2 rings (SSSR count). The monoisotopic (exact) mass is 249 g/mol. The van der Waals surface area contributed by atoms with Gasteiger partial charge in [0.1, 0.15) is 5.75 Å². The van der Waals surface area contributed by atoms with Gasteiger partial charge in [-0.25, -0.2) is 0 Å². The van der Waals surface area contributed by atoms with Crippen LogP contribution in [0.25, 0.3) is 0 Å². The molecule has 1 unspecified atom stereocenters. The summed E-state index contributed by atoms with van der Waals surface area (Å²) >= 11 is 0. The third-order valence-electron chi connectivity index (χ3n) is 3.72. The summed E-state index contributed by atoms with van der Waals surface area (Å²) in [6.07, 6.45) is 0.143. The Hall–Kier alpha value is -1.55. The van der Waals surface area contributed by atoms with Gasteiger partial charge < -0.3 is 14.7 Å². The van der Waals surface area contributed by atoms with Gasteiger partial charge in [0.05, 0.1) is 24.3 Å². The number of nitrogens with zero attached hydrogens (tertiary/aromatic N) is 1. The molecule has 4 nitrogen and oxygen atoms in total. The molecule has 1 aliphatic rings. The second kappa shape index (κ2) is 4.61. The van der Waals surface area contributed by atoms with E-state index in [0.717, 1.165) is 0 Å². The SMILES string of the molecule is COc1ccccc1C(=O)N1CCC(O)C1(C)C. The fourth-order valence-corrected chi connectivity index (χ4v) is 2.40. The van der Waals surface area contributed by atoms with E-state index in [9.17, 15) is 9.90 Å². The van der Waals surface area contributed by atoms with Crippen LogP contribution in [0.3, 0.4) is 0 Å². The lowest BCUT2D eigenvalue weighted by atomic mass is 9.98. The van der Waals surface area contributed by atoms with Crippen LogP contribution in [0.5, 0.6) is 5.75 Å². The van der Waals surface area contributed by atoms with E-state index in [1.807, 2.05) is 26.0 Å². The van der Waals surface area contributed by atoms with Gasteiger partial charge in [-0.05, 0) is 32.4 Å². The quantitative estimate of drug-likeness (QED) is 0.867. The number of methoxy groups -OCH3 is 1. The van der Waals surface area contributed by atoms with Crippen LogP contribution in [0.1, 0.15) is 30.6 Å². The number of hydrogen-bond donors (Lipinski definition) is 1. The van der Waals surface area contributed by atoms with Gasteiger partial charge in [-0.3, -0.25) is 4.79 Å². The second-order valence-electron chi connectivity index (χ2n) is 5.12. The van der Waals surface area contributed by atoms with Gasteiger partial charge in [0, 0.05) is 6.54 Å². The van der Waals surface area contributed by atoms with Gasteiger partial charge in [0.25, 0.3) is 5.91 Å². The first-order valence-corrected chi connectivity index (χ1v) is 6.11. The Morgan fingerprint density at radius 2 is 2.11 bits per heavy atom. The van der Waals surface area contributed by atoms with Gasteiger partial charge in [0.2, 0.25) is 0 Å². The first-order valence-electron chi connectivity index (χ1n) is 6.11. The molecule has 0 saturated carbocycles. The molecule has 1 aromatic rings. The van der Waals surface area contributed by atoms with Crippen molar-refractivity contribution in [2.75, 3.05) is 13.7 Å². The van der Waals surface area contributed by atoms with E-state index in [4.69, 9.17) is 4.74 Å². The maximum atomic E-state index is 12.5. The van der Waals surface area contributed by atoms with Crippen LogP contribution in [0.2, 0.25) is 0 Å². The Morgan fingerprint density at radius 3 is 2.67 bits per heavy atom. The molecular formula is C14H19NO3. The number of carbonyl (C=O) groups is 1. The number of likely N-dealkylation sites (tertiary alicyclic amines) is 1. The molecule has 1 N–H and O–H groups in total. The van der Waals surface area contributed by atoms with Crippen molar-refractivity contribution in [3.05, 3.63) is 29.8 Å². The van der Waals surface area contributed by atoms with Crippen molar-refractivity contribution in [3.63, 3.8) is 0 Å². The Kier molecular flexibility index (Phi) is 3.30. The highest BCUT2D eigenvalue weighted by Gasteiger charge is 2.43. The lowest BCUT2D eigenvalue weighted by Gasteiger charge is -2.34. The summed E-state index contributed by atoms with van der Waals surface area (Å²) in [4.78, 5) is 14.2. The molecule has 1 amide bonds. The Morgan fingerprint density at radius 1 is 1.44 bits per heavy atom. The van der Waals surface area contributed by atoms with E-state index in [1.54, 1.807) is 24.1 Å². The van der Waals surface area contributed by atoms with E-state index >= 15 is 0 Å². The van der Waals surface area contributed by atoms with Crippen LogP contribution in [0.15, 0.2) is 24.3 Å². The standard InChI is InChI=1S/C14H19NO3/c1-14(2)12(16)8-9-15(14)13(17)10-6-4-5-7-11(10)18-3/h4-7,12,16H,8-9H2,1-3H3. The van der Waals surface area contributed by atoms with E-state index in [0.29, 0.717) is 24.3 Å². The summed E-state index contributed by atoms with van der Waals surface area (Å²) in [6.45, 7) is 4.35. The summed E-state index contributed by atoms with van der Waals surface area (Å²) in [5, 5.41) is 9.92. The number of para-hydroxylation sites is 1. The molecule has 98 valence electrons. The van der Waals surface area contributed by atoms with Crippen molar-refractivity contribution in [2.45, 2.75) is 31.9 Å². The van der Waals surface area contributed by atoms with Crippen molar-refractivity contribution < 1.29 is 14.6 Å². The Labute approximate surface area is 107 Å². The molecule has 0 aliphatic carbocycles. The molecule has 4 heteroatoms. The highest BCUT2D eigenvalue weighted by Crippen LogP contribution is 2.32. The molecule has 0 bridgehead atoms. The van der Waals surface area contributed by atoms with Crippen LogP contribution < -0.4 is 4.74 Å². The molecule has 1 saturated heterocycles. The van der Waals surface area contributed by atoms with E-state index in [2.05, 4.69) is 0 Å². The van der Waals surface area contributed by atoms with Crippen molar-refractivity contribution in [1.29, 1.82) is 0 Å². The predicted octanol–water partition coefficient (Wildman–Crippen LogP) is 1.68. The molecule has 1 fully saturated rings. The Balaban J connectivity index is 2.32. The van der Waals surface area contributed by atoms with Gasteiger partial charge in [-0.2, -0.15) is 0 Å². The van der Waals surface area contributed by atoms with Crippen molar-refractivity contribution in [1.82, 2.24) is 4.90 Å². The van der Waals surface area contributed by atoms with Crippen molar-refractivity contribution in [3.8, 4) is 5.75 Å². The van der Waals surface area contributed by atoms with E-state index in [-0.39, 0.29) is 5.91 Å². The topological polar surface area (TPSA) is 49.8 Å². The summed E-state index contributed by atoms with van der Waals surface area (Å²) in [7, 11) is 1.55. The minimum absolute atomic E-state index is 0.0889. The minimum Gasteiger partial charge on any atom is -0.496 e. The maximum absolute atomic E-state index is 12.5. The van der Waals surface area contributed by atoms with Crippen molar-refractivity contribution >= 4 is 5.91 Å². The first kappa shape index (κ1) is 12.9. The number of aliphatic hydroxyl groups is 1. The molecule has 1 aromatic carbocycles. The van der Waals surface area contributed by atoms with Gasteiger partial charge in [-0.15, -0.1) is 0 Å². The number of rotatable bonds is 2. The van der Waals surface area contributed by atoms with Crippen LogP contribution in [-0.2, 0) is 0 Å². The summed E-state index contributed by atoms with van der Waals surface area (Å²) < 4.78 is 5.21. The predicted molar refractivity (Wildman–Crippen MR) is 68.7 cm³/mol. The van der Waals surface area contributed by atoms with Crippen molar-refractivity contribution in [2.24, 2.45) is 0 Å². The molecular weight excluding hydrogens is 230 g/mol. The zero-order valence-corrected chi connectivity index (χ0v) is 11.0. The molecule has 0 spiro atoms. The largest absolute Gasteiger partial charge is 0.496 e. The normalized spacial score (nSPS) is 22.0. The van der Waals surface area contributed by atoms with Crippen LogP contribution in [-0.4, -0.2) is 41.2 Å². The van der Waals surface area contributed by atoms with Crippen LogP contribution in [0, 0.1) is 0 Å². The summed E-state index contributed by atoms with van der Waals surface area (Å²) in [6, 6.07) is 7.17. The Bertz CT molecular complexity index is 456. The lowest BCUT2D eigenvalue weighted by Crippen LogP contribution is -2.48. The number of amides is 1. The third kappa shape index (κ3) is 1.97. The van der Waals surface area contributed by atoms with Gasteiger partial charge in [0.15, 0.2) is 0 Å². The number of benzene rings is 1. The van der Waals surface area contributed by atoms with E-state index in [1.165, 1.54) is 0 Å². The number of aliphatic hydroxyl groups excluding tert-OH is 1. The fraction of sp³-hybridized carbons (Fsp3) is 0.500. The second-order valence-corrected chi connectivity index (χ2v) is 5.12. The molecule has 1 atom stereocenters. The van der Waals surface area contributed by atoms with E-state index < -0.39 is 11.6 Å². The highest BCUT2D eigenvalue weighted by molar-refractivity contribution is 5.97. The number of ether oxygens (including phenoxy) is 1.